The molecule has 0 bridgehead atoms. The molecule has 0 spiro atoms. The zero-order chi connectivity index (χ0) is 8.85. The quantitative estimate of drug-likeness (QED) is 0.658. The van der Waals surface area contributed by atoms with Crippen LogP contribution >= 0.6 is 11.6 Å². The summed E-state index contributed by atoms with van der Waals surface area (Å²) in [5.41, 5.74) is 0. The van der Waals surface area contributed by atoms with Crippen LogP contribution in [0.25, 0.3) is 0 Å². The molecule has 1 unspecified atom stereocenters. The molecule has 0 fully saturated rings. The number of aliphatic hydroxyl groups excluding tert-OH is 1. The number of esters is 1. The van der Waals surface area contributed by atoms with E-state index in [0.29, 0.717) is 5.03 Å². The molecule has 3 nitrogen and oxygen atoms in total. The number of hydrogen-bond acceptors (Lipinski definition) is 3. The lowest BCUT2D eigenvalue weighted by molar-refractivity contribution is -0.150. The highest BCUT2D eigenvalue weighted by molar-refractivity contribution is 6.29. The number of halogens is 1. The Morgan fingerprint density at radius 3 is 2.73 bits per heavy atom. The van der Waals surface area contributed by atoms with Gasteiger partial charge >= 0.3 is 5.97 Å². The van der Waals surface area contributed by atoms with Gasteiger partial charge in [0.05, 0.1) is 6.61 Å². The summed E-state index contributed by atoms with van der Waals surface area (Å²) in [6.07, 6.45) is -0.0213. The third-order valence-corrected chi connectivity index (χ3v) is 1.04. The molecule has 4 heteroatoms. The zero-order valence-electron chi connectivity index (χ0n) is 6.50. The van der Waals surface area contributed by atoms with E-state index in [4.69, 9.17) is 16.7 Å². The Labute approximate surface area is 70.6 Å². The van der Waals surface area contributed by atoms with Crippen LogP contribution in [0, 0.1) is 0 Å². The first kappa shape index (κ1) is 10.5. The molecule has 64 valence electrons. The van der Waals surface area contributed by atoms with E-state index < -0.39 is 12.1 Å². The molecule has 0 radical (unpaired) electrons. The molecule has 0 aliphatic heterocycles. The average molecular weight is 179 g/mol. The van der Waals surface area contributed by atoms with E-state index in [1.807, 2.05) is 0 Å². The van der Waals surface area contributed by atoms with Gasteiger partial charge in [-0.15, -0.1) is 0 Å². The van der Waals surface area contributed by atoms with Gasteiger partial charge in [-0.3, -0.25) is 0 Å². The number of carbonyl (C=O) groups is 1. The molecule has 1 N–H and O–H groups in total. The van der Waals surface area contributed by atoms with Crippen molar-refractivity contribution < 1.29 is 14.6 Å². The summed E-state index contributed by atoms with van der Waals surface area (Å²) >= 11 is 5.41. The van der Waals surface area contributed by atoms with Gasteiger partial charge < -0.3 is 9.84 Å². The largest absolute Gasteiger partial charge is 0.464 e. The summed E-state index contributed by atoms with van der Waals surface area (Å²) < 4.78 is 4.51. The molecule has 11 heavy (non-hydrogen) atoms. The molecule has 0 saturated carbocycles. The van der Waals surface area contributed by atoms with E-state index >= 15 is 0 Å². The molecule has 0 rings (SSSR count). The fourth-order valence-corrected chi connectivity index (χ4v) is 0.633. The SMILES string of the molecule is CCOC(=O)C(O)/C=C(\C)Cl. The smallest absolute Gasteiger partial charge is 0.339 e. The van der Waals surface area contributed by atoms with E-state index in [-0.39, 0.29) is 6.61 Å². The van der Waals surface area contributed by atoms with Crippen molar-refractivity contribution in [3.63, 3.8) is 0 Å². The third kappa shape index (κ3) is 4.81. The van der Waals surface area contributed by atoms with E-state index in [0.717, 1.165) is 0 Å². The minimum Gasteiger partial charge on any atom is -0.464 e. The second kappa shape index (κ2) is 5.16. The van der Waals surface area contributed by atoms with E-state index in [1.54, 1.807) is 13.8 Å². The first-order valence-electron chi connectivity index (χ1n) is 3.26. The standard InChI is InChI=1S/C7H11ClO3/c1-3-11-7(10)6(9)4-5(2)8/h4,6,9H,3H2,1-2H3/b5-4+. The topological polar surface area (TPSA) is 46.5 Å². The molecule has 0 saturated heterocycles. The minimum atomic E-state index is -1.24. The molecule has 1 atom stereocenters. The van der Waals surface area contributed by atoms with Crippen LogP contribution in [0.15, 0.2) is 11.1 Å². The number of allylic oxidation sites excluding steroid dienone is 1. The summed E-state index contributed by atoms with van der Waals surface area (Å²) in [7, 11) is 0. The number of hydrogen-bond donors (Lipinski definition) is 1. The Morgan fingerprint density at radius 1 is 1.82 bits per heavy atom. The molecule has 0 aromatic carbocycles. The van der Waals surface area contributed by atoms with Gasteiger partial charge in [-0.25, -0.2) is 4.79 Å². The van der Waals surface area contributed by atoms with E-state index in [9.17, 15) is 4.79 Å². The lowest BCUT2D eigenvalue weighted by Crippen LogP contribution is -2.20. The summed E-state index contributed by atoms with van der Waals surface area (Å²) in [4.78, 5) is 10.7. The van der Waals surface area contributed by atoms with Crippen LogP contribution in [-0.2, 0) is 9.53 Å². The minimum absolute atomic E-state index is 0.255. The van der Waals surface area contributed by atoms with Gasteiger partial charge in [0.15, 0.2) is 6.10 Å². The maximum atomic E-state index is 10.7. The van der Waals surface area contributed by atoms with Crippen LogP contribution in [0.1, 0.15) is 13.8 Å². The van der Waals surface area contributed by atoms with Gasteiger partial charge in [0.2, 0.25) is 0 Å². The second-order valence-electron chi connectivity index (χ2n) is 1.95. The lowest BCUT2D eigenvalue weighted by atomic mass is 10.3. The van der Waals surface area contributed by atoms with E-state index in [1.165, 1.54) is 6.08 Å². The zero-order valence-corrected chi connectivity index (χ0v) is 7.26. The van der Waals surface area contributed by atoms with Crippen LogP contribution in [0.2, 0.25) is 0 Å². The van der Waals surface area contributed by atoms with Gasteiger partial charge in [-0.05, 0) is 19.9 Å². The summed E-state index contributed by atoms with van der Waals surface area (Å²) in [5, 5.41) is 9.35. The fourth-order valence-electron chi connectivity index (χ4n) is 0.513. The molecule has 0 amide bonds. The van der Waals surface area contributed by atoms with Gasteiger partial charge in [0, 0.05) is 5.03 Å². The first-order valence-corrected chi connectivity index (χ1v) is 3.64. The summed E-state index contributed by atoms with van der Waals surface area (Å²) in [6, 6.07) is 0. The lowest BCUT2D eigenvalue weighted by Gasteiger charge is -2.04. The van der Waals surface area contributed by atoms with Crippen molar-refractivity contribution in [3.8, 4) is 0 Å². The van der Waals surface area contributed by atoms with Crippen LogP contribution in [0.3, 0.4) is 0 Å². The number of carbonyl (C=O) groups excluding carboxylic acids is 1. The Bertz CT molecular complexity index is 161. The Morgan fingerprint density at radius 2 is 2.36 bits per heavy atom. The fraction of sp³-hybridized carbons (Fsp3) is 0.571. The van der Waals surface area contributed by atoms with Crippen LogP contribution in [-0.4, -0.2) is 23.8 Å². The van der Waals surface area contributed by atoms with Crippen molar-refractivity contribution in [3.05, 3.63) is 11.1 Å². The Hall–Kier alpha value is -0.540. The van der Waals surface area contributed by atoms with Crippen molar-refractivity contribution in [2.75, 3.05) is 6.61 Å². The average Bonchev–Trinajstić information content (AvgIpc) is 1.86. The molecular formula is C7H11ClO3. The van der Waals surface area contributed by atoms with Crippen molar-refractivity contribution in [1.29, 1.82) is 0 Å². The highest BCUT2D eigenvalue weighted by Gasteiger charge is 2.12. The van der Waals surface area contributed by atoms with E-state index in [2.05, 4.69) is 4.74 Å². The molecular weight excluding hydrogens is 168 g/mol. The van der Waals surface area contributed by atoms with Crippen LogP contribution in [0.5, 0.6) is 0 Å². The van der Waals surface area contributed by atoms with Gasteiger partial charge in [-0.2, -0.15) is 0 Å². The van der Waals surface area contributed by atoms with Gasteiger partial charge in [0.25, 0.3) is 0 Å². The third-order valence-electron chi connectivity index (χ3n) is 0.916. The van der Waals surface area contributed by atoms with Gasteiger partial charge in [0.1, 0.15) is 0 Å². The molecule has 0 aromatic rings. The normalized spacial score (nSPS) is 14.4. The van der Waals surface area contributed by atoms with Crippen molar-refractivity contribution >= 4 is 17.6 Å². The van der Waals surface area contributed by atoms with Crippen LogP contribution in [0.4, 0.5) is 0 Å². The van der Waals surface area contributed by atoms with Crippen molar-refractivity contribution in [2.45, 2.75) is 20.0 Å². The van der Waals surface area contributed by atoms with Crippen LogP contribution < -0.4 is 0 Å². The summed E-state index contributed by atoms with van der Waals surface area (Å²) in [6.45, 7) is 3.50. The first-order chi connectivity index (χ1) is 5.07. The van der Waals surface area contributed by atoms with Crippen molar-refractivity contribution in [2.24, 2.45) is 0 Å². The maximum Gasteiger partial charge on any atom is 0.339 e. The molecule has 0 aliphatic carbocycles. The molecule has 0 aliphatic rings. The Balaban J connectivity index is 3.93. The monoisotopic (exact) mass is 178 g/mol. The molecule has 0 aromatic heterocycles. The maximum absolute atomic E-state index is 10.7. The second-order valence-corrected chi connectivity index (χ2v) is 2.55. The predicted octanol–water partition coefficient (Wildman–Crippen LogP) is 1.05. The number of rotatable bonds is 3. The highest BCUT2D eigenvalue weighted by atomic mass is 35.5. The molecule has 0 heterocycles. The highest BCUT2D eigenvalue weighted by Crippen LogP contribution is 2.01. The van der Waals surface area contributed by atoms with Gasteiger partial charge in [-0.1, -0.05) is 11.6 Å². The number of ether oxygens (including phenoxy) is 1. The van der Waals surface area contributed by atoms with Crippen molar-refractivity contribution in [1.82, 2.24) is 0 Å². The number of aliphatic hydroxyl groups is 1. The Kier molecular flexibility index (Phi) is 4.90. The summed E-state index contributed by atoms with van der Waals surface area (Å²) in [5.74, 6) is -0.674. The predicted molar refractivity (Wildman–Crippen MR) is 42.2 cm³/mol.